The zero-order valence-electron chi connectivity index (χ0n) is 15.3. The van der Waals surface area contributed by atoms with Gasteiger partial charge in [-0.2, -0.15) is 5.10 Å². The maximum atomic E-state index is 11.6. The van der Waals surface area contributed by atoms with Crippen molar-refractivity contribution < 1.29 is 9.90 Å². The minimum atomic E-state index is -0.902. The van der Waals surface area contributed by atoms with Crippen LogP contribution in [-0.2, 0) is 0 Å². The number of aromatic nitrogens is 1. The summed E-state index contributed by atoms with van der Waals surface area (Å²) in [5.41, 5.74) is 5.77. The number of aromatic amines is 1. The number of benzene rings is 2. The number of H-pyrrole nitrogens is 1. The van der Waals surface area contributed by atoms with Gasteiger partial charge in [-0.1, -0.05) is 48.5 Å². The highest BCUT2D eigenvalue weighted by Gasteiger charge is 2.33. The van der Waals surface area contributed by atoms with Gasteiger partial charge < -0.3 is 10.1 Å². The summed E-state index contributed by atoms with van der Waals surface area (Å²) in [7, 11) is 0. The molecule has 0 saturated carbocycles. The number of anilines is 1. The number of hydrogen-bond acceptors (Lipinski definition) is 3. The molecule has 2 N–H and O–H groups in total. The fraction of sp³-hybridized carbons (Fsp3) is 0.182. The van der Waals surface area contributed by atoms with Crippen LogP contribution in [0.2, 0.25) is 0 Å². The minimum absolute atomic E-state index is 0.0746. The van der Waals surface area contributed by atoms with Crippen LogP contribution in [0, 0.1) is 13.8 Å². The van der Waals surface area contributed by atoms with Crippen LogP contribution in [0.25, 0.3) is 0 Å². The first kappa shape index (κ1) is 17.1. The number of para-hydroxylation sites is 1. The van der Waals surface area contributed by atoms with Crippen LogP contribution in [0.3, 0.4) is 0 Å². The Morgan fingerprint density at radius 3 is 2.30 bits per heavy atom. The summed E-state index contributed by atoms with van der Waals surface area (Å²) in [6.07, 6.45) is 0.707. The van der Waals surface area contributed by atoms with E-state index in [1.54, 1.807) is 6.92 Å². The van der Waals surface area contributed by atoms with Gasteiger partial charge in [-0.3, -0.25) is 5.01 Å². The van der Waals surface area contributed by atoms with E-state index in [-0.39, 0.29) is 6.04 Å². The Morgan fingerprint density at radius 1 is 1.07 bits per heavy atom. The molecule has 5 nitrogen and oxygen atoms in total. The molecule has 0 fully saturated rings. The highest BCUT2D eigenvalue weighted by atomic mass is 16.4. The van der Waals surface area contributed by atoms with Crippen molar-refractivity contribution in [3.05, 3.63) is 88.7 Å². The number of aromatic carboxylic acids is 1. The fourth-order valence-electron chi connectivity index (χ4n) is 3.79. The van der Waals surface area contributed by atoms with E-state index in [1.165, 1.54) is 0 Å². The van der Waals surface area contributed by atoms with Crippen LogP contribution in [0.5, 0.6) is 0 Å². The summed E-state index contributed by atoms with van der Waals surface area (Å²) in [5, 5.41) is 16.4. The maximum Gasteiger partial charge on any atom is 0.337 e. The second kappa shape index (κ2) is 6.76. The highest BCUT2D eigenvalue weighted by Crippen LogP contribution is 2.38. The molecule has 1 atom stereocenters. The summed E-state index contributed by atoms with van der Waals surface area (Å²) in [5.74, 6) is -0.902. The lowest BCUT2D eigenvalue weighted by Gasteiger charge is -2.23. The largest absolute Gasteiger partial charge is 0.478 e. The van der Waals surface area contributed by atoms with Gasteiger partial charge in [0.25, 0.3) is 0 Å². The Hall–Kier alpha value is -3.34. The Bertz CT molecular complexity index is 1010. The monoisotopic (exact) mass is 359 g/mol. The number of carboxylic acid groups (broad SMARTS) is 1. The van der Waals surface area contributed by atoms with Crippen LogP contribution in [0.4, 0.5) is 5.69 Å². The lowest BCUT2D eigenvalue weighted by molar-refractivity contribution is 0.0695. The van der Waals surface area contributed by atoms with Crippen molar-refractivity contribution in [3.8, 4) is 0 Å². The molecule has 0 radical (unpaired) electrons. The molecule has 2 heterocycles. The van der Waals surface area contributed by atoms with Gasteiger partial charge in [0.1, 0.15) is 0 Å². The number of nitrogens with one attached hydrogen (secondary N) is 1. The predicted octanol–water partition coefficient (Wildman–Crippen LogP) is 4.69. The molecule has 0 saturated heterocycles. The second-order valence-electron chi connectivity index (χ2n) is 6.78. The molecule has 0 aliphatic carbocycles. The quantitative estimate of drug-likeness (QED) is 0.710. The van der Waals surface area contributed by atoms with Crippen LogP contribution >= 0.6 is 0 Å². The standard InChI is InChI=1S/C22H21N3O2/c1-14-20(22(26)27)15(2)23-21(14)19-13-18(16-9-5-3-6-10-16)24-25(19)17-11-7-4-8-12-17/h3-12,19,23H,13H2,1-2H3,(H,26,27). The van der Waals surface area contributed by atoms with Crippen LogP contribution < -0.4 is 5.01 Å². The zero-order chi connectivity index (χ0) is 19.0. The molecule has 27 heavy (non-hydrogen) atoms. The van der Waals surface area contributed by atoms with Crippen LogP contribution in [0.15, 0.2) is 65.8 Å². The number of aryl methyl sites for hydroxylation is 1. The molecule has 1 aliphatic rings. The Kier molecular flexibility index (Phi) is 4.28. The smallest absolute Gasteiger partial charge is 0.337 e. The molecule has 0 bridgehead atoms. The SMILES string of the molecule is Cc1[nH]c(C2CC(c3ccccc3)=NN2c2ccccc2)c(C)c1C(=O)O. The molecular formula is C22H21N3O2. The van der Waals surface area contributed by atoms with Gasteiger partial charge in [0.2, 0.25) is 0 Å². The number of hydrazone groups is 1. The van der Waals surface area contributed by atoms with Crippen molar-refractivity contribution in [2.24, 2.45) is 5.10 Å². The molecule has 5 heteroatoms. The van der Waals surface area contributed by atoms with Gasteiger partial charge in [0.05, 0.1) is 23.0 Å². The van der Waals surface area contributed by atoms with E-state index in [2.05, 4.69) is 17.1 Å². The van der Waals surface area contributed by atoms with E-state index >= 15 is 0 Å². The predicted molar refractivity (Wildman–Crippen MR) is 106 cm³/mol. The molecule has 2 aromatic carbocycles. The molecule has 0 amide bonds. The third-order valence-corrected chi connectivity index (χ3v) is 5.06. The maximum absolute atomic E-state index is 11.6. The van der Waals surface area contributed by atoms with Crippen molar-refractivity contribution >= 4 is 17.4 Å². The molecule has 3 aromatic rings. The average Bonchev–Trinajstić information content (AvgIpc) is 3.24. The number of rotatable bonds is 4. The number of nitrogens with zero attached hydrogens (tertiary/aromatic N) is 2. The van der Waals surface area contributed by atoms with Crippen LogP contribution in [0.1, 0.15) is 45.3 Å². The van der Waals surface area contributed by atoms with E-state index < -0.39 is 5.97 Å². The summed E-state index contributed by atoms with van der Waals surface area (Å²) < 4.78 is 0. The molecular weight excluding hydrogens is 338 g/mol. The Morgan fingerprint density at radius 2 is 1.70 bits per heavy atom. The Balaban J connectivity index is 1.80. The van der Waals surface area contributed by atoms with Gasteiger partial charge in [0.15, 0.2) is 0 Å². The molecule has 1 unspecified atom stereocenters. The average molecular weight is 359 g/mol. The number of carbonyl (C=O) groups is 1. The lowest BCUT2D eigenvalue weighted by Crippen LogP contribution is -2.19. The third kappa shape index (κ3) is 3.01. The summed E-state index contributed by atoms with van der Waals surface area (Å²) in [6, 6.07) is 20.0. The summed E-state index contributed by atoms with van der Waals surface area (Å²) in [6.45, 7) is 3.67. The van der Waals surface area contributed by atoms with Crippen LogP contribution in [-0.4, -0.2) is 21.8 Å². The van der Waals surface area contributed by atoms with Gasteiger partial charge in [0, 0.05) is 17.8 Å². The first-order valence-electron chi connectivity index (χ1n) is 8.95. The second-order valence-corrected chi connectivity index (χ2v) is 6.78. The van der Waals surface area contributed by atoms with E-state index in [4.69, 9.17) is 5.10 Å². The van der Waals surface area contributed by atoms with Crippen molar-refractivity contribution in [1.29, 1.82) is 0 Å². The van der Waals surface area contributed by atoms with E-state index in [9.17, 15) is 9.90 Å². The van der Waals surface area contributed by atoms with E-state index in [0.717, 1.165) is 28.2 Å². The van der Waals surface area contributed by atoms with Crippen molar-refractivity contribution in [1.82, 2.24) is 4.98 Å². The molecule has 4 rings (SSSR count). The third-order valence-electron chi connectivity index (χ3n) is 5.06. The first-order chi connectivity index (χ1) is 13.1. The minimum Gasteiger partial charge on any atom is -0.478 e. The van der Waals surface area contributed by atoms with Crippen molar-refractivity contribution in [2.45, 2.75) is 26.3 Å². The van der Waals surface area contributed by atoms with Gasteiger partial charge in [-0.15, -0.1) is 0 Å². The lowest BCUT2D eigenvalue weighted by atomic mass is 9.99. The topological polar surface area (TPSA) is 68.7 Å². The van der Waals surface area contributed by atoms with Crippen molar-refractivity contribution in [3.63, 3.8) is 0 Å². The van der Waals surface area contributed by atoms with E-state index in [1.807, 2.05) is 60.5 Å². The molecule has 1 aromatic heterocycles. The van der Waals surface area contributed by atoms with Gasteiger partial charge in [-0.05, 0) is 37.1 Å². The number of carboxylic acids is 1. The fourth-order valence-corrected chi connectivity index (χ4v) is 3.79. The van der Waals surface area contributed by atoms with Gasteiger partial charge in [-0.25, -0.2) is 4.79 Å². The summed E-state index contributed by atoms with van der Waals surface area (Å²) >= 11 is 0. The molecule has 0 spiro atoms. The van der Waals surface area contributed by atoms with Gasteiger partial charge >= 0.3 is 5.97 Å². The zero-order valence-corrected chi connectivity index (χ0v) is 15.3. The van der Waals surface area contributed by atoms with Crippen molar-refractivity contribution in [2.75, 3.05) is 5.01 Å². The highest BCUT2D eigenvalue weighted by molar-refractivity contribution is 6.03. The summed E-state index contributed by atoms with van der Waals surface area (Å²) in [4.78, 5) is 15.0. The molecule has 136 valence electrons. The number of hydrogen-bond donors (Lipinski definition) is 2. The van der Waals surface area contributed by atoms with E-state index in [0.29, 0.717) is 17.7 Å². The normalized spacial score (nSPS) is 16.4. The molecule has 1 aliphatic heterocycles. The first-order valence-corrected chi connectivity index (χ1v) is 8.95. The Labute approximate surface area is 158 Å².